The molecular weight excluding hydrogens is 376 g/mol. The first kappa shape index (κ1) is 18.0. The molecule has 2 heterocycles. The van der Waals surface area contributed by atoms with Crippen LogP contribution in [0.4, 0.5) is 0 Å². The number of aliphatic hydroxyl groups is 1. The van der Waals surface area contributed by atoms with E-state index in [0.717, 1.165) is 10.5 Å². The summed E-state index contributed by atoms with van der Waals surface area (Å²) in [6, 6.07) is 19.7. The summed E-state index contributed by atoms with van der Waals surface area (Å²) >= 11 is 1.62. The van der Waals surface area contributed by atoms with Gasteiger partial charge in [-0.05, 0) is 28.5 Å². The molecule has 5 heteroatoms. The normalized spacial score (nSPS) is 23.0. The number of ether oxygens (including phenoxy) is 1. The van der Waals surface area contributed by atoms with Crippen molar-refractivity contribution in [2.45, 2.75) is 16.9 Å². The molecule has 0 bridgehead atoms. The summed E-state index contributed by atoms with van der Waals surface area (Å²) in [4.78, 5) is 14.4. The van der Waals surface area contributed by atoms with Crippen molar-refractivity contribution in [2.24, 2.45) is 0 Å². The van der Waals surface area contributed by atoms with Gasteiger partial charge in [0.05, 0.1) is 6.42 Å². The van der Waals surface area contributed by atoms with Crippen LogP contribution in [0.1, 0.15) is 12.0 Å². The lowest BCUT2D eigenvalue weighted by Gasteiger charge is -2.38. The van der Waals surface area contributed by atoms with Gasteiger partial charge >= 0.3 is 5.97 Å². The summed E-state index contributed by atoms with van der Waals surface area (Å²) < 4.78 is 6.05. The Hall–Kier alpha value is -2.37. The summed E-state index contributed by atoms with van der Waals surface area (Å²) in [6.45, 7) is 0. The molecule has 4 rings (SSSR count). The summed E-state index contributed by atoms with van der Waals surface area (Å²) in [5.74, 6) is 0.262. The molecule has 2 aromatic carbocycles. The molecule has 2 aromatic rings. The summed E-state index contributed by atoms with van der Waals surface area (Å²) in [5.41, 5.74) is 0.0206. The average Bonchev–Trinajstić information content (AvgIpc) is 3.22. The highest BCUT2D eigenvalue weighted by molar-refractivity contribution is 8.26. The number of aliphatic hydroxyl groups excluding tert-OH is 1. The Morgan fingerprint density at radius 2 is 1.63 bits per heavy atom. The number of hydrogen-bond acceptors (Lipinski definition) is 4. The van der Waals surface area contributed by atoms with Crippen LogP contribution < -0.4 is 0 Å². The Kier molecular flexibility index (Phi) is 5.14. The number of thioether (sulfide) groups is 1. The molecule has 138 valence electrons. The molecule has 0 spiro atoms. The molecule has 2 aliphatic heterocycles. The highest BCUT2D eigenvalue weighted by atomic mass is 32.2. The van der Waals surface area contributed by atoms with Gasteiger partial charge in [0.1, 0.15) is 10.7 Å². The molecule has 1 unspecified atom stereocenters. The van der Waals surface area contributed by atoms with Crippen molar-refractivity contribution in [2.75, 3.05) is 5.75 Å². The Morgan fingerprint density at radius 1 is 1.00 bits per heavy atom. The van der Waals surface area contributed by atoms with E-state index in [0.29, 0.717) is 17.1 Å². The van der Waals surface area contributed by atoms with E-state index in [1.807, 2.05) is 83.6 Å². The van der Waals surface area contributed by atoms with Crippen molar-refractivity contribution in [3.05, 3.63) is 99.9 Å². The van der Waals surface area contributed by atoms with E-state index in [2.05, 4.69) is 0 Å². The number of hydrogen-bond donors (Lipinski definition) is 2. The number of benzene rings is 2. The molecule has 3 nitrogen and oxygen atoms in total. The molecule has 0 fully saturated rings. The maximum absolute atomic E-state index is 12.9. The zero-order valence-electron chi connectivity index (χ0n) is 14.6. The SMILES string of the molecule is O=C1OC(CSc2ccccc2)(c2ccccc2)CC(O)=C1[SH]1C=CC=C1. The van der Waals surface area contributed by atoms with Gasteiger partial charge in [-0.25, -0.2) is 4.79 Å². The molecule has 0 aliphatic carbocycles. The van der Waals surface area contributed by atoms with Crippen molar-refractivity contribution in [1.82, 2.24) is 0 Å². The first-order valence-electron chi connectivity index (χ1n) is 8.70. The van der Waals surface area contributed by atoms with Crippen molar-refractivity contribution in [3.8, 4) is 0 Å². The van der Waals surface area contributed by atoms with Gasteiger partial charge in [0, 0.05) is 10.6 Å². The monoisotopic (exact) mass is 396 g/mol. The van der Waals surface area contributed by atoms with Crippen LogP contribution in [0.5, 0.6) is 0 Å². The fourth-order valence-electron chi connectivity index (χ4n) is 3.26. The van der Waals surface area contributed by atoms with E-state index < -0.39 is 22.5 Å². The molecule has 1 N–H and O–H groups in total. The third-order valence-electron chi connectivity index (χ3n) is 4.59. The standard InChI is InChI=1S/C22H20O3S2/c23-19-15-22(17-9-3-1-4-10-17,16-26-18-11-5-2-6-12-18)25-21(24)20(19)27-13-7-8-14-27/h1-14,23,27H,15-16H2. The molecule has 0 saturated heterocycles. The number of allylic oxidation sites excluding steroid dienone is 2. The van der Waals surface area contributed by atoms with Crippen molar-refractivity contribution >= 4 is 28.6 Å². The maximum atomic E-state index is 12.9. The van der Waals surface area contributed by atoms with Crippen LogP contribution in [-0.4, -0.2) is 16.8 Å². The summed E-state index contributed by atoms with van der Waals surface area (Å²) in [7, 11) is -0.918. The van der Waals surface area contributed by atoms with E-state index in [-0.39, 0.29) is 5.76 Å². The summed E-state index contributed by atoms with van der Waals surface area (Å²) in [5, 5.41) is 14.7. The van der Waals surface area contributed by atoms with Gasteiger partial charge in [0.25, 0.3) is 0 Å². The topological polar surface area (TPSA) is 46.5 Å². The van der Waals surface area contributed by atoms with Gasteiger partial charge in [-0.15, -0.1) is 11.8 Å². The molecule has 1 atom stereocenters. The Bertz CT molecular complexity index is 907. The average molecular weight is 397 g/mol. The largest absolute Gasteiger partial charge is 0.511 e. The van der Waals surface area contributed by atoms with Crippen LogP contribution in [0.25, 0.3) is 0 Å². The lowest BCUT2D eigenvalue weighted by atomic mass is 9.89. The molecule has 0 aromatic heterocycles. The number of rotatable bonds is 5. The van der Waals surface area contributed by atoms with Crippen LogP contribution in [-0.2, 0) is 15.1 Å². The minimum absolute atomic E-state index is 0.145. The Morgan fingerprint density at radius 3 is 2.26 bits per heavy atom. The van der Waals surface area contributed by atoms with Crippen molar-refractivity contribution in [1.29, 1.82) is 0 Å². The lowest BCUT2D eigenvalue weighted by molar-refractivity contribution is -0.156. The number of cyclic esters (lactones) is 1. The van der Waals surface area contributed by atoms with Crippen LogP contribution >= 0.6 is 22.7 Å². The third-order valence-corrected chi connectivity index (χ3v) is 7.75. The second kappa shape index (κ2) is 7.71. The number of carbonyl (C=O) groups excluding carboxylic acids is 1. The molecule has 0 saturated carbocycles. The predicted molar refractivity (Wildman–Crippen MR) is 113 cm³/mol. The molecule has 0 amide bonds. The van der Waals surface area contributed by atoms with E-state index in [1.165, 1.54) is 0 Å². The zero-order chi connectivity index (χ0) is 18.7. The molecule has 2 aliphatic rings. The zero-order valence-corrected chi connectivity index (χ0v) is 16.3. The predicted octanol–water partition coefficient (Wildman–Crippen LogP) is 5.43. The van der Waals surface area contributed by atoms with Crippen molar-refractivity contribution < 1.29 is 14.6 Å². The number of thiol groups is 1. The number of carbonyl (C=O) groups is 1. The fraction of sp³-hybridized carbons (Fsp3) is 0.136. The minimum atomic E-state index is -0.918. The van der Waals surface area contributed by atoms with Crippen LogP contribution in [0.3, 0.4) is 0 Å². The van der Waals surface area contributed by atoms with Crippen LogP contribution in [0, 0.1) is 0 Å². The molecule has 27 heavy (non-hydrogen) atoms. The van der Waals surface area contributed by atoms with Gasteiger partial charge in [0.15, 0.2) is 5.60 Å². The van der Waals surface area contributed by atoms with Crippen LogP contribution in [0.15, 0.2) is 99.2 Å². The lowest BCUT2D eigenvalue weighted by Crippen LogP contribution is -2.40. The van der Waals surface area contributed by atoms with E-state index in [4.69, 9.17) is 4.74 Å². The van der Waals surface area contributed by atoms with Crippen LogP contribution in [0.2, 0.25) is 0 Å². The van der Waals surface area contributed by atoms with Gasteiger partial charge in [-0.2, -0.15) is 10.9 Å². The highest BCUT2D eigenvalue weighted by Crippen LogP contribution is 2.50. The van der Waals surface area contributed by atoms with Gasteiger partial charge < -0.3 is 9.84 Å². The fourth-order valence-corrected chi connectivity index (χ4v) is 5.93. The van der Waals surface area contributed by atoms with Gasteiger partial charge in [-0.3, -0.25) is 0 Å². The van der Waals surface area contributed by atoms with Gasteiger partial charge in [0.2, 0.25) is 0 Å². The smallest absolute Gasteiger partial charge is 0.347 e. The Balaban J connectivity index is 1.68. The number of esters is 1. The second-order valence-corrected chi connectivity index (χ2v) is 9.32. The minimum Gasteiger partial charge on any atom is -0.511 e. The van der Waals surface area contributed by atoms with Crippen molar-refractivity contribution in [3.63, 3.8) is 0 Å². The van der Waals surface area contributed by atoms with E-state index >= 15 is 0 Å². The first-order valence-corrected chi connectivity index (χ1v) is 11.2. The summed E-state index contributed by atoms with van der Waals surface area (Å²) in [6.07, 6.45) is 4.10. The third kappa shape index (κ3) is 3.70. The second-order valence-electron chi connectivity index (χ2n) is 6.41. The van der Waals surface area contributed by atoms with E-state index in [9.17, 15) is 9.90 Å². The molecular formula is C22H20O3S2. The maximum Gasteiger partial charge on any atom is 0.347 e. The quantitative estimate of drug-likeness (QED) is 0.402. The van der Waals surface area contributed by atoms with Gasteiger partial charge in [-0.1, -0.05) is 60.7 Å². The highest BCUT2D eigenvalue weighted by Gasteiger charge is 2.44. The first-order chi connectivity index (χ1) is 13.2. The Labute approximate surface area is 165 Å². The van der Waals surface area contributed by atoms with E-state index in [1.54, 1.807) is 11.8 Å². The molecule has 0 radical (unpaired) electrons.